The number of ether oxygens (including phenoxy) is 2. The minimum absolute atomic E-state index is 0.284. The summed E-state index contributed by atoms with van der Waals surface area (Å²) in [5.41, 5.74) is 8.29. The summed E-state index contributed by atoms with van der Waals surface area (Å²) < 4.78 is 92.3. The summed E-state index contributed by atoms with van der Waals surface area (Å²) >= 11 is 0. The molecule has 0 heterocycles. The molecule has 0 saturated heterocycles. The van der Waals surface area contributed by atoms with E-state index in [1.807, 2.05) is 0 Å². The molecule has 152 valence electrons. The Morgan fingerprint density at radius 1 is 0.690 bits per heavy atom. The normalized spacial score (nSPS) is 11.4. The fourth-order valence-corrected chi connectivity index (χ4v) is 2.43. The molecule has 0 unspecified atom stereocenters. The second-order valence-electron chi connectivity index (χ2n) is 5.80. The van der Waals surface area contributed by atoms with Gasteiger partial charge in [-0.25, -0.2) is 13.2 Å². The van der Waals surface area contributed by atoms with Crippen molar-refractivity contribution in [3.05, 3.63) is 71.5 Å². The molecule has 0 fully saturated rings. The number of nitrogens with two attached hydrogens (primary N) is 2. The number of rotatable bonds is 4. The third-order valence-corrected chi connectivity index (χ3v) is 3.75. The van der Waals surface area contributed by atoms with Crippen LogP contribution in [0.4, 0.5) is 37.7 Å². The number of anilines is 2. The average molecular weight is 414 g/mol. The molecule has 0 amide bonds. The topological polar surface area (TPSA) is 70.5 Å². The molecular formula is C19H12F6N2O2. The van der Waals surface area contributed by atoms with Gasteiger partial charge in [-0.3, -0.25) is 0 Å². The van der Waals surface area contributed by atoms with Crippen molar-refractivity contribution in [1.82, 2.24) is 0 Å². The second kappa shape index (κ2) is 7.46. The van der Waals surface area contributed by atoms with Crippen molar-refractivity contribution in [2.45, 2.75) is 6.18 Å². The van der Waals surface area contributed by atoms with E-state index in [-0.39, 0.29) is 11.4 Å². The van der Waals surface area contributed by atoms with Gasteiger partial charge in [0.25, 0.3) is 0 Å². The Labute approximate surface area is 160 Å². The first-order valence-corrected chi connectivity index (χ1v) is 7.92. The molecule has 3 aromatic carbocycles. The smallest absolute Gasteiger partial charge is 0.422 e. The molecule has 0 saturated carbocycles. The highest BCUT2D eigenvalue weighted by molar-refractivity contribution is 5.52. The van der Waals surface area contributed by atoms with Gasteiger partial charge >= 0.3 is 6.18 Å². The molecule has 10 heteroatoms. The number of halogens is 6. The minimum atomic E-state index is -5.17. The third-order valence-electron chi connectivity index (χ3n) is 3.75. The van der Waals surface area contributed by atoms with Crippen molar-refractivity contribution in [1.29, 1.82) is 0 Å². The van der Waals surface area contributed by atoms with Crippen molar-refractivity contribution < 1.29 is 35.8 Å². The number of hydrogen-bond acceptors (Lipinski definition) is 4. The standard InChI is InChI=1S/C19H12F6N2O2/c20-10-7-9(28-13-5-1-3-11(26)17(13)21)8-15(16(10)19(23,24)25)29-14-6-2-4-12(27)18(14)22/h1-8H,26-27H2. The van der Waals surface area contributed by atoms with Crippen LogP contribution in [0.25, 0.3) is 0 Å². The van der Waals surface area contributed by atoms with Crippen LogP contribution in [0.3, 0.4) is 0 Å². The molecule has 3 rings (SSSR count). The number of benzene rings is 3. The van der Waals surface area contributed by atoms with Crippen LogP contribution in [0.1, 0.15) is 5.56 Å². The molecule has 0 aliphatic carbocycles. The quantitative estimate of drug-likeness (QED) is 0.414. The van der Waals surface area contributed by atoms with Gasteiger partial charge in [0, 0.05) is 12.1 Å². The molecule has 0 aromatic heterocycles. The van der Waals surface area contributed by atoms with E-state index in [0.717, 1.165) is 18.2 Å². The lowest BCUT2D eigenvalue weighted by atomic mass is 10.1. The molecule has 0 atom stereocenters. The Balaban J connectivity index is 2.09. The summed E-state index contributed by atoms with van der Waals surface area (Å²) in [6, 6.07) is 8.15. The summed E-state index contributed by atoms with van der Waals surface area (Å²) in [7, 11) is 0. The highest BCUT2D eigenvalue weighted by Crippen LogP contribution is 2.43. The van der Waals surface area contributed by atoms with Gasteiger partial charge in [-0.05, 0) is 24.3 Å². The van der Waals surface area contributed by atoms with E-state index in [0.29, 0.717) is 12.1 Å². The van der Waals surface area contributed by atoms with Gasteiger partial charge in [-0.15, -0.1) is 0 Å². The molecule has 4 nitrogen and oxygen atoms in total. The van der Waals surface area contributed by atoms with Crippen molar-refractivity contribution >= 4 is 11.4 Å². The first kappa shape index (κ1) is 20.2. The van der Waals surface area contributed by atoms with Gasteiger partial charge in [0.05, 0.1) is 11.4 Å². The molecule has 4 N–H and O–H groups in total. The molecule has 0 radical (unpaired) electrons. The maximum atomic E-state index is 14.3. The van der Waals surface area contributed by atoms with Crippen LogP contribution in [0.5, 0.6) is 23.0 Å². The zero-order chi connectivity index (χ0) is 21.3. The summed E-state index contributed by atoms with van der Waals surface area (Å²) in [5, 5.41) is 0. The van der Waals surface area contributed by atoms with E-state index >= 15 is 0 Å². The van der Waals surface area contributed by atoms with Crippen LogP contribution in [-0.4, -0.2) is 0 Å². The van der Waals surface area contributed by atoms with Crippen LogP contribution < -0.4 is 20.9 Å². The van der Waals surface area contributed by atoms with Gasteiger partial charge in [-0.1, -0.05) is 12.1 Å². The Morgan fingerprint density at radius 3 is 1.72 bits per heavy atom. The van der Waals surface area contributed by atoms with E-state index in [2.05, 4.69) is 0 Å². The van der Waals surface area contributed by atoms with Crippen molar-refractivity contribution in [2.75, 3.05) is 11.5 Å². The Kier molecular flexibility index (Phi) is 5.19. The van der Waals surface area contributed by atoms with Gasteiger partial charge in [0.2, 0.25) is 0 Å². The van der Waals surface area contributed by atoms with E-state index in [1.165, 1.54) is 18.2 Å². The second-order valence-corrected chi connectivity index (χ2v) is 5.80. The monoisotopic (exact) mass is 414 g/mol. The van der Waals surface area contributed by atoms with Crippen molar-refractivity contribution in [3.8, 4) is 23.0 Å². The van der Waals surface area contributed by atoms with Crippen molar-refractivity contribution in [3.63, 3.8) is 0 Å². The molecular weight excluding hydrogens is 402 g/mol. The molecule has 0 aliphatic heterocycles. The molecule has 3 aromatic rings. The first-order valence-electron chi connectivity index (χ1n) is 7.92. The Bertz CT molecular complexity index is 1070. The predicted octanol–water partition coefficient (Wildman–Crippen LogP) is 5.87. The zero-order valence-electron chi connectivity index (χ0n) is 14.4. The largest absolute Gasteiger partial charge is 0.454 e. The van der Waals surface area contributed by atoms with Crippen LogP contribution in [0.15, 0.2) is 48.5 Å². The van der Waals surface area contributed by atoms with E-state index < -0.39 is 52.2 Å². The van der Waals surface area contributed by atoms with Crippen molar-refractivity contribution in [2.24, 2.45) is 0 Å². The van der Waals surface area contributed by atoms with Gasteiger partial charge in [0.1, 0.15) is 22.9 Å². The highest BCUT2D eigenvalue weighted by atomic mass is 19.4. The van der Waals surface area contributed by atoms with Crippen LogP contribution in [0, 0.1) is 17.5 Å². The third kappa shape index (κ3) is 4.15. The Morgan fingerprint density at radius 2 is 1.21 bits per heavy atom. The van der Waals surface area contributed by atoms with E-state index in [9.17, 15) is 26.3 Å². The first-order chi connectivity index (χ1) is 13.6. The van der Waals surface area contributed by atoms with E-state index in [1.54, 1.807) is 0 Å². The average Bonchev–Trinajstić information content (AvgIpc) is 2.61. The molecule has 0 bridgehead atoms. The lowest BCUT2D eigenvalue weighted by molar-refractivity contribution is -0.141. The lowest BCUT2D eigenvalue weighted by Crippen LogP contribution is -2.11. The van der Waals surface area contributed by atoms with Gasteiger partial charge in [0.15, 0.2) is 23.1 Å². The lowest BCUT2D eigenvalue weighted by Gasteiger charge is -2.17. The zero-order valence-corrected chi connectivity index (χ0v) is 14.4. The van der Waals surface area contributed by atoms with Crippen LogP contribution >= 0.6 is 0 Å². The van der Waals surface area contributed by atoms with Crippen LogP contribution in [-0.2, 0) is 6.18 Å². The van der Waals surface area contributed by atoms with Crippen LogP contribution in [0.2, 0.25) is 0 Å². The summed E-state index contributed by atoms with van der Waals surface area (Å²) in [4.78, 5) is 0. The number of hydrogen-bond donors (Lipinski definition) is 2. The molecule has 29 heavy (non-hydrogen) atoms. The van der Waals surface area contributed by atoms with Gasteiger partial charge < -0.3 is 20.9 Å². The number of nitrogen functional groups attached to an aromatic ring is 2. The maximum absolute atomic E-state index is 14.3. The molecule has 0 spiro atoms. The Hall–Kier alpha value is -3.56. The minimum Gasteiger partial charge on any atom is -0.454 e. The molecule has 0 aliphatic rings. The maximum Gasteiger partial charge on any atom is 0.422 e. The highest BCUT2D eigenvalue weighted by Gasteiger charge is 2.39. The summed E-state index contributed by atoms with van der Waals surface area (Å²) in [5.74, 6) is -6.63. The fraction of sp³-hybridized carbons (Fsp3) is 0.0526. The van der Waals surface area contributed by atoms with E-state index in [4.69, 9.17) is 20.9 Å². The SMILES string of the molecule is Nc1cccc(Oc2cc(F)c(C(F)(F)F)c(Oc3cccc(N)c3F)c2)c1F. The summed E-state index contributed by atoms with van der Waals surface area (Å²) in [6.45, 7) is 0. The number of alkyl halides is 3. The summed E-state index contributed by atoms with van der Waals surface area (Å²) in [6.07, 6.45) is -5.17. The predicted molar refractivity (Wildman–Crippen MR) is 93.2 cm³/mol. The fourth-order valence-electron chi connectivity index (χ4n) is 2.43. The van der Waals surface area contributed by atoms with Gasteiger partial charge in [-0.2, -0.15) is 13.2 Å².